The van der Waals surface area contributed by atoms with Gasteiger partial charge in [-0.05, 0) is 82.3 Å². The second-order valence-electron chi connectivity index (χ2n) is 11.9. The molecule has 1 aliphatic carbocycles. The highest BCUT2D eigenvalue weighted by molar-refractivity contribution is 6.02. The quantitative estimate of drug-likeness (QED) is 0.573. The summed E-state index contributed by atoms with van der Waals surface area (Å²) in [5, 5.41) is 12.5. The van der Waals surface area contributed by atoms with E-state index < -0.39 is 17.7 Å². The van der Waals surface area contributed by atoms with Crippen LogP contribution < -0.4 is 10.2 Å². The van der Waals surface area contributed by atoms with Crippen LogP contribution in [0, 0.1) is 17.2 Å². The van der Waals surface area contributed by atoms with Gasteiger partial charge in [0.25, 0.3) is 5.91 Å². The number of nitriles is 1. The average Bonchev–Trinajstić information content (AvgIpc) is 3.65. The van der Waals surface area contributed by atoms with E-state index >= 15 is 0 Å². The Morgan fingerprint density at radius 3 is 2.42 bits per heavy atom. The normalized spacial score (nSPS) is 19.2. The van der Waals surface area contributed by atoms with Crippen LogP contribution in [0.25, 0.3) is 0 Å². The number of carbonyl (C=O) groups excluding carboxylic acids is 3. The van der Waals surface area contributed by atoms with Crippen molar-refractivity contribution in [3.63, 3.8) is 0 Å². The molecule has 2 heterocycles. The first kappa shape index (κ1) is 27.5. The second-order valence-corrected chi connectivity index (χ2v) is 11.9. The van der Waals surface area contributed by atoms with Gasteiger partial charge >= 0.3 is 6.09 Å². The van der Waals surface area contributed by atoms with E-state index in [0.29, 0.717) is 29.9 Å². The highest BCUT2D eigenvalue weighted by atomic mass is 16.6. The zero-order chi connectivity index (χ0) is 28.4. The number of nitrogens with one attached hydrogen (secondary N) is 1. The average molecular weight is 544 g/mol. The lowest BCUT2D eigenvalue weighted by Crippen LogP contribution is -2.53. The molecule has 0 radical (unpaired) electrons. The van der Waals surface area contributed by atoms with E-state index in [4.69, 9.17) is 4.74 Å². The Kier molecular flexibility index (Phi) is 7.70. The van der Waals surface area contributed by atoms with Gasteiger partial charge in [0.2, 0.25) is 5.91 Å². The van der Waals surface area contributed by atoms with Crippen LogP contribution in [-0.2, 0) is 9.53 Å². The predicted molar refractivity (Wildman–Crippen MR) is 152 cm³/mol. The monoisotopic (exact) mass is 543 g/mol. The lowest BCUT2D eigenvalue weighted by molar-refractivity contribution is -0.117. The fraction of sp³-hybridized carbons (Fsp3) is 0.484. The number of benzene rings is 2. The summed E-state index contributed by atoms with van der Waals surface area (Å²) in [5.41, 5.74) is 2.73. The molecule has 1 unspecified atom stereocenters. The Morgan fingerprint density at radius 1 is 1.00 bits per heavy atom. The van der Waals surface area contributed by atoms with E-state index in [1.807, 2.05) is 39.0 Å². The summed E-state index contributed by atoms with van der Waals surface area (Å²) < 4.78 is 5.63. The fourth-order valence-corrected chi connectivity index (χ4v) is 5.37. The molecule has 9 nitrogen and oxygen atoms in total. The second kappa shape index (κ2) is 11.2. The standard InChI is InChI=1S/C31H37N5O4/c1-31(2,3)40-30(39)35-15-16-36(27(20-35)23-8-6-7-21(17-23)19-32)29(38)25-12-11-24(33-28(37)22-9-10-22)18-26(25)34-13-4-5-14-34/h6-8,11-12,17-18,22,27H,4-5,9-10,13-16,20H2,1-3H3,(H,33,37). The Morgan fingerprint density at radius 2 is 1.75 bits per heavy atom. The van der Waals surface area contributed by atoms with Gasteiger partial charge in [-0.25, -0.2) is 4.79 Å². The van der Waals surface area contributed by atoms with Crippen LogP contribution in [0.2, 0.25) is 0 Å². The highest BCUT2D eigenvalue weighted by Crippen LogP contribution is 2.35. The number of nitrogens with zero attached hydrogens (tertiary/aromatic N) is 4. The molecule has 5 rings (SSSR count). The molecule has 3 fully saturated rings. The Hall–Kier alpha value is -4.06. The van der Waals surface area contributed by atoms with E-state index in [1.165, 1.54) is 0 Å². The third kappa shape index (κ3) is 6.22. The van der Waals surface area contributed by atoms with Crippen molar-refractivity contribution in [1.29, 1.82) is 5.26 Å². The molecule has 3 aliphatic rings. The maximum atomic E-state index is 14.3. The number of anilines is 2. The highest BCUT2D eigenvalue weighted by Gasteiger charge is 2.37. The molecular formula is C31H37N5O4. The van der Waals surface area contributed by atoms with E-state index in [-0.39, 0.29) is 24.3 Å². The SMILES string of the molecule is CC(C)(C)OC(=O)N1CCN(C(=O)c2ccc(NC(=O)C3CC3)cc2N2CCCC2)C(c2cccc(C#N)c2)C1. The molecule has 2 aromatic rings. The lowest BCUT2D eigenvalue weighted by atomic mass is 9.98. The zero-order valence-electron chi connectivity index (χ0n) is 23.5. The number of hydrogen-bond acceptors (Lipinski definition) is 6. The molecule has 40 heavy (non-hydrogen) atoms. The molecule has 1 atom stereocenters. The van der Waals surface area contributed by atoms with Gasteiger partial charge in [-0.1, -0.05) is 12.1 Å². The smallest absolute Gasteiger partial charge is 0.410 e. The largest absolute Gasteiger partial charge is 0.444 e. The number of piperazine rings is 1. The topological polar surface area (TPSA) is 106 Å². The van der Waals surface area contributed by atoms with Gasteiger partial charge in [-0.3, -0.25) is 9.59 Å². The number of rotatable bonds is 5. The van der Waals surface area contributed by atoms with Crippen LogP contribution >= 0.6 is 0 Å². The fourth-order valence-electron chi connectivity index (χ4n) is 5.37. The summed E-state index contributed by atoms with van der Waals surface area (Å²) in [6, 6.07) is 14.4. The lowest BCUT2D eigenvalue weighted by Gasteiger charge is -2.42. The number of ether oxygens (including phenoxy) is 1. The summed E-state index contributed by atoms with van der Waals surface area (Å²) >= 11 is 0. The Bertz CT molecular complexity index is 1330. The van der Waals surface area contributed by atoms with Crippen molar-refractivity contribution in [2.75, 3.05) is 42.9 Å². The van der Waals surface area contributed by atoms with Crippen LogP contribution in [0.3, 0.4) is 0 Å². The number of hydrogen-bond donors (Lipinski definition) is 1. The molecule has 3 amide bonds. The zero-order valence-corrected chi connectivity index (χ0v) is 23.5. The molecule has 0 spiro atoms. The van der Waals surface area contributed by atoms with E-state index in [1.54, 1.807) is 34.1 Å². The van der Waals surface area contributed by atoms with Crippen LogP contribution in [-0.4, -0.2) is 66.0 Å². The molecule has 2 aromatic carbocycles. The Labute approximate surface area is 235 Å². The maximum absolute atomic E-state index is 14.3. The van der Waals surface area contributed by atoms with Crippen molar-refractivity contribution in [3.8, 4) is 6.07 Å². The van der Waals surface area contributed by atoms with Crippen LogP contribution in [0.4, 0.5) is 16.2 Å². The molecule has 210 valence electrons. The van der Waals surface area contributed by atoms with Gasteiger partial charge in [0.05, 0.1) is 28.9 Å². The van der Waals surface area contributed by atoms with E-state index in [0.717, 1.165) is 50.0 Å². The first-order valence-corrected chi connectivity index (χ1v) is 14.1. The van der Waals surface area contributed by atoms with Crippen molar-refractivity contribution in [1.82, 2.24) is 9.80 Å². The van der Waals surface area contributed by atoms with E-state index in [9.17, 15) is 19.6 Å². The van der Waals surface area contributed by atoms with Gasteiger partial charge in [0, 0.05) is 44.3 Å². The van der Waals surface area contributed by atoms with Crippen molar-refractivity contribution in [2.24, 2.45) is 5.92 Å². The third-order valence-electron chi connectivity index (χ3n) is 7.58. The van der Waals surface area contributed by atoms with Gasteiger partial charge < -0.3 is 24.8 Å². The molecule has 1 N–H and O–H groups in total. The van der Waals surface area contributed by atoms with Gasteiger partial charge in [-0.15, -0.1) is 0 Å². The summed E-state index contributed by atoms with van der Waals surface area (Å²) in [7, 11) is 0. The number of carbonyl (C=O) groups is 3. The molecule has 0 aromatic heterocycles. The molecule has 2 saturated heterocycles. The van der Waals surface area contributed by atoms with Crippen LogP contribution in [0.1, 0.15) is 74.0 Å². The van der Waals surface area contributed by atoms with Crippen molar-refractivity contribution in [2.45, 2.75) is 58.1 Å². The minimum Gasteiger partial charge on any atom is -0.444 e. The van der Waals surface area contributed by atoms with Crippen molar-refractivity contribution >= 4 is 29.3 Å². The summed E-state index contributed by atoms with van der Waals surface area (Å²) in [6.07, 6.45) is 3.51. The molecule has 2 aliphatic heterocycles. The maximum Gasteiger partial charge on any atom is 0.410 e. The minimum absolute atomic E-state index is 0.0298. The molecule has 0 bridgehead atoms. The van der Waals surface area contributed by atoms with Crippen LogP contribution in [0.15, 0.2) is 42.5 Å². The molecule has 9 heteroatoms. The minimum atomic E-state index is -0.637. The first-order valence-electron chi connectivity index (χ1n) is 14.1. The van der Waals surface area contributed by atoms with Gasteiger partial charge in [0.15, 0.2) is 0 Å². The Balaban J connectivity index is 1.47. The summed E-state index contributed by atoms with van der Waals surface area (Å²) in [5.74, 6) is -0.0249. The van der Waals surface area contributed by atoms with Crippen molar-refractivity contribution in [3.05, 3.63) is 59.2 Å². The van der Waals surface area contributed by atoms with E-state index in [2.05, 4.69) is 16.3 Å². The first-order chi connectivity index (χ1) is 19.1. The summed E-state index contributed by atoms with van der Waals surface area (Å²) in [4.78, 5) is 45.3. The molecule has 1 saturated carbocycles. The number of amides is 3. The van der Waals surface area contributed by atoms with Gasteiger partial charge in [0.1, 0.15) is 5.60 Å². The van der Waals surface area contributed by atoms with Gasteiger partial charge in [-0.2, -0.15) is 5.26 Å². The van der Waals surface area contributed by atoms with Crippen LogP contribution in [0.5, 0.6) is 0 Å². The summed E-state index contributed by atoms with van der Waals surface area (Å²) in [6.45, 7) is 8.09. The molecular weight excluding hydrogens is 506 g/mol. The predicted octanol–water partition coefficient (Wildman–Crippen LogP) is 4.94. The van der Waals surface area contributed by atoms with Crippen molar-refractivity contribution < 1.29 is 19.1 Å². The third-order valence-corrected chi connectivity index (χ3v) is 7.58.